The topological polar surface area (TPSA) is 73.9 Å². The minimum atomic E-state index is -0.958. The fourth-order valence-corrected chi connectivity index (χ4v) is 1.86. The third kappa shape index (κ3) is 5.25. The highest BCUT2D eigenvalue weighted by atomic mass is 16.5. The van der Waals surface area contributed by atoms with Gasteiger partial charge in [-0.25, -0.2) is 4.79 Å². The first-order valence-electron chi connectivity index (χ1n) is 7.66. The van der Waals surface area contributed by atoms with E-state index in [1.54, 1.807) is 26.0 Å². The molecule has 0 heterocycles. The Morgan fingerprint density at radius 2 is 1.91 bits per heavy atom. The smallest absolute Gasteiger partial charge is 0.341 e. The molecule has 0 bridgehead atoms. The van der Waals surface area contributed by atoms with Crippen LogP contribution in [-0.4, -0.2) is 37.8 Å². The van der Waals surface area contributed by atoms with E-state index in [9.17, 15) is 9.59 Å². The summed E-state index contributed by atoms with van der Waals surface area (Å²) in [6.45, 7) is 8.12. The number of carbonyl (C=O) groups is 2. The standard InChI is InChI=1S/C17H25NO5/c1-6-10-23-17(3,4)16(20)18-12-8-9-14(22-7-2)13(11-12)15(19)21-5/h8-9,11H,6-7,10H2,1-5H3,(H,18,20). The van der Waals surface area contributed by atoms with E-state index < -0.39 is 11.6 Å². The van der Waals surface area contributed by atoms with Crippen molar-refractivity contribution in [2.75, 3.05) is 25.6 Å². The maximum atomic E-state index is 12.3. The van der Waals surface area contributed by atoms with Crippen molar-refractivity contribution in [1.29, 1.82) is 0 Å². The molecule has 23 heavy (non-hydrogen) atoms. The molecule has 0 aliphatic rings. The first-order valence-corrected chi connectivity index (χ1v) is 7.66. The van der Waals surface area contributed by atoms with E-state index in [1.165, 1.54) is 13.2 Å². The van der Waals surface area contributed by atoms with Gasteiger partial charge in [-0.15, -0.1) is 0 Å². The number of anilines is 1. The van der Waals surface area contributed by atoms with Crippen molar-refractivity contribution in [2.45, 2.75) is 39.7 Å². The maximum Gasteiger partial charge on any atom is 0.341 e. The second-order valence-electron chi connectivity index (χ2n) is 5.45. The van der Waals surface area contributed by atoms with Crippen LogP contribution in [0.3, 0.4) is 0 Å². The number of esters is 1. The molecule has 1 aromatic carbocycles. The summed E-state index contributed by atoms with van der Waals surface area (Å²) in [5, 5.41) is 2.75. The van der Waals surface area contributed by atoms with Crippen LogP contribution in [0.15, 0.2) is 18.2 Å². The summed E-state index contributed by atoms with van der Waals surface area (Å²) in [6, 6.07) is 4.83. The number of rotatable bonds is 8. The highest BCUT2D eigenvalue weighted by Crippen LogP contribution is 2.25. The van der Waals surface area contributed by atoms with E-state index in [-0.39, 0.29) is 11.5 Å². The van der Waals surface area contributed by atoms with Gasteiger partial charge in [0, 0.05) is 12.3 Å². The van der Waals surface area contributed by atoms with Gasteiger partial charge in [-0.05, 0) is 45.4 Å². The molecule has 6 heteroatoms. The second kappa shape index (κ2) is 8.53. The Labute approximate surface area is 137 Å². The Morgan fingerprint density at radius 3 is 2.48 bits per heavy atom. The summed E-state index contributed by atoms with van der Waals surface area (Å²) >= 11 is 0. The zero-order chi connectivity index (χ0) is 17.5. The third-order valence-corrected chi connectivity index (χ3v) is 3.16. The fraction of sp³-hybridized carbons (Fsp3) is 0.529. The summed E-state index contributed by atoms with van der Waals surface area (Å²) in [7, 11) is 1.30. The second-order valence-corrected chi connectivity index (χ2v) is 5.45. The molecule has 0 radical (unpaired) electrons. The van der Waals surface area contributed by atoms with Gasteiger partial charge in [-0.1, -0.05) is 6.92 Å². The molecule has 0 saturated heterocycles. The number of methoxy groups -OCH3 is 1. The van der Waals surface area contributed by atoms with Crippen LogP contribution in [0.2, 0.25) is 0 Å². The van der Waals surface area contributed by atoms with Crippen LogP contribution in [0, 0.1) is 0 Å². The van der Waals surface area contributed by atoms with Crippen molar-refractivity contribution in [3.05, 3.63) is 23.8 Å². The Hall–Kier alpha value is -2.08. The van der Waals surface area contributed by atoms with Crippen LogP contribution in [0.5, 0.6) is 5.75 Å². The number of hydrogen-bond donors (Lipinski definition) is 1. The minimum absolute atomic E-state index is 0.263. The van der Waals surface area contributed by atoms with Gasteiger partial charge >= 0.3 is 5.97 Å². The van der Waals surface area contributed by atoms with Gasteiger partial charge in [0.1, 0.15) is 16.9 Å². The van der Waals surface area contributed by atoms with E-state index in [2.05, 4.69) is 5.32 Å². The van der Waals surface area contributed by atoms with E-state index in [0.29, 0.717) is 24.7 Å². The quantitative estimate of drug-likeness (QED) is 0.744. The molecule has 0 unspecified atom stereocenters. The Balaban J connectivity index is 2.96. The monoisotopic (exact) mass is 323 g/mol. The van der Waals surface area contributed by atoms with Crippen molar-refractivity contribution in [3.63, 3.8) is 0 Å². The molecule has 1 aromatic rings. The van der Waals surface area contributed by atoms with Crippen LogP contribution >= 0.6 is 0 Å². The van der Waals surface area contributed by atoms with Crippen molar-refractivity contribution in [1.82, 2.24) is 0 Å². The predicted molar refractivity (Wildman–Crippen MR) is 87.9 cm³/mol. The first-order chi connectivity index (χ1) is 10.9. The van der Waals surface area contributed by atoms with Gasteiger partial charge in [-0.2, -0.15) is 0 Å². The van der Waals surface area contributed by atoms with Crippen molar-refractivity contribution < 1.29 is 23.8 Å². The van der Waals surface area contributed by atoms with Crippen LogP contribution in [0.4, 0.5) is 5.69 Å². The van der Waals surface area contributed by atoms with Gasteiger partial charge in [0.25, 0.3) is 5.91 Å². The lowest BCUT2D eigenvalue weighted by Crippen LogP contribution is -2.40. The van der Waals surface area contributed by atoms with Gasteiger partial charge < -0.3 is 19.5 Å². The van der Waals surface area contributed by atoms with Crippen LogP contribution in [0.25, 0.3) is 0 Å². The van der Waals surface area contributed by atoms with E-state index in [1.807, 2.05) is 13.8 Å². The predicted octanol–water partition coefficient (Wildman–Crippen LogP) is 3.02. The number of carbonyl (C=O) groups excluding carboxylic acids is 2. The number of hydrogen-bond acceptors (Lipinski definition) is 5. The molecular weight excluding hydrogens is 298 g/mol. The zero-order valence-electron chi connectivity index (χ0n) is 14.4. The van der Waals surface area contributed by atoms with E-state index in [4.69, 9.17) is 14.2 Å². The summed E-state index contributed by atoms with van der Waals surface area (Å²) in [4.78, 5) is 24.2. The highest BCUT2D eigenvalue weighted by molar-refractivity contribution is 5.99. The van der Waals surface area contributed by atoms with Crippen molar-refractivity contribution >= 4 is 17.6 Å². The maximum absolute atomic E-state index is 12.3. The van der Waals surface area contributed by atoms with E-state index in [0.717, 1.165) is 6.42 Å². The van der Waals surface area contributed by atoms with Gasteiger partial charge in [0.2, 0.25) is 0 Å². The summed E-state index contributed by atoms with van der Waals surface area (Å²) in [5.74, 6) is -0.393. The fourth-order valence-electron chi connectivity index (χ4n) is 1.86. The molecule has 0 aliphatic heterocycles. The Bertz CT molecular complexity index is 554. The SMILES string of the molecule is CCCOC(C)(C)C(=O)Nc1ccc(OCC)c(C(=O)OC)c1. The average Bonchev–Trinajstić information content (AvgIpc) is 2.53. The number of amides is 1. The van der Waals surface area contributed by atoms with Gasteiger partial charge in [0.15, 0.2) is 0 Å². The minimum Gasteiger partial charge on any atom is -0.493 e. The first kappa shape index (κ1) is 19.0. The zero-order valence-corrected chi connectivity index (χ0v) is 14.4. The number of benzene rings is 1. The molecule has 0 saturated carbocycles. The molecule has 0 spiro atoms. The average molecular weight is 323 g/mol. The Kier molecular flexibility index (Phi) is 7.03. The summed E-state index contributed by atoms with van der Waals surface area (Å²) in [6.07, 6.45) is 0.826. The van der Waals surface area contributed by atoms with Crippen molar-refractivity contribution in [3.8, 4) is 5.75 Å². The molecule has 1 amide bonds. The molecule has 128 valence electrons. The lowest BCUT2D eigenvalue weighted by molar-refractivity contribution is -0.137. The molecule has 0 atom stereocenters. The molecule has 6 nitrogen and oxygen atoms in total. The lowest BCUT2D eigenvalue weighted by Gasteiger charge is -2.24. The molecule has 0 aromatic heterocycles. The number of ether oxygens (including phenoxy) is 3. The third-order valence-electron chi connectivity index (χ3n) is 3.16. The van der Waals surface area contributed by atoms with Crippen LogP contribution in [-0.2, 0) is 14.3 Å². The summed E-state index contributed by atoms with van der Waals surface area (Å²) < 4.78 is 15.7. The highest BCUT2D eigenvalue weighted by Gasteiger charge is 2.28. The largest absolute Gasteiger partial charge is 0.493 e. The molecule has 1 N–H and O–H groups in total. The molecular formula is C17H25NO5. The van der Waals surface area contributed by atoms with Crippen LogP contribution < -0.4 is 10.1 Å². The van der Waals surface area contributed by atoms with Crippen LogP contribution in [0.1, 0.15) is 44.5 Å². The Morgan fingerprint density at radius 1 is 1.22 bits per heavy atom. The lowest BCUT2D eigenvalue weighted by atomic mass is 10.1. The normalized spacial score (nSPS) is 11.0. The van der Waals surface area contributed by atoms with E-state index >= 15 is 0 Å². The van der Waals surface area contributed by atoms with Crippen molar-refractivity contribution in [2.24, 2.45) is 0 Å². The molecule has 0 aliphatic carbocycles. The molecule has 1 rings (SSSR count). The summed E-state index contributed by atoms with van der Waals surface area (Å²) in [5.41, 5.74) is -0.216. The molecule has 0 fully saturated rings. The van der Waals surface area contributed by atoms with Gasteiger partial charge in [0.05, 0.1) is 13.7 Å². The number of nitrogens with one attached hydrogen (secondary N) is 1. The van der Waals surface area contributed by atoms with Gasteiger partial charge in [-0.3, -0.25) is 4.79 Å².